The van der Waals surface area contributed by atoms with Crippen molar-refractivity contribution >= 4 is 6.16 Å². The summed E-state index contributed by atoms with van der Waals surface area (Å²) in [7, 11) is 0. The second-order valence-corrected chi connectivity index (χ2v) is 0.474. The predicted molar refractivity (Wildman–Crippen MR) is 28.7 cm³/mol. The average Bonchev–Trinajstić information content (AvgIpc) is 1.33. The largest absolute Gasteiger partial charge is 0.652 e. The zero-order valence-corrected chi connectivity index (χ0v) is 5.67. The van der Waals surface area contributed by atoms with Gasteiger partial charge >= 0.3 is 0 Å². The topological polar surface area (TPSA) is 160 Å². The molecule has 0 aliphatic heterocycles. The maximum Gasteiger partial charge on any atom is 0.0587 e. The van der Waals surface area contributed by atoms with Crippen molar-refractivity contribution in [3.05, 3.63) is 0 Å². The molecule has 0 saturated heterocycles. The summed E-state index contributed by atoms with van der Waals surface area (Å²) in [5, 5.41) is 24.0. The van der Waals surface area contributed by atoms with Gasteiger partial charge < -0.3 is 27.3 Å². The number of rotatable bonds is 0. The zero-order valence-electron chi connectivity index (χ0n) is 5.67. The summed E-state index contributed by atoms with van der Waals surface area (Å²) < 4.78 is 0. The Labute approximate surface area is 52.9 Å². The van der Waals surface area contributed by atoms with Gasteiger partial charge in [-0.3, -0.25) is 0 Å². The Bertz CT molecular complexity index is 82.8. The lowest BCUT2D eigenvalue weighted by atomic mass is 11.0. The lowest BCUT2D eigenvalue weighted by Crippen LogP contribution is -2.37. The van der Waals surface area contributed by atoms with Crippen LogP contribution in [0.25, 0.3) is 0 Å². The molecular weight excluding hydrogens is 126 g/mol. The van der Waals surface area contributed by atoms with Gasteiger partial charge in [-0.25, -0.2) is 0 Å². The maximum absolute atomic E-state index is 8.33. The molecule has 0 aliphatic rings. The molecule has 0 aromatic heterocycles. The fourth-order valence-corrected chi connectivity index (χ4v) is 0. The first-order chi connectivity index (χ1) is 3.15. The van der Waals surface area contributed by atoms with Crippen LogP contribution in [-0.4, -0.2) is 6.16 Å². The second kappa shape index (κ2) is 30.0. The molecule has 0 bridgehead atoms. The molecule has 0 atom stereocenters. The van der Waals surface area contributed by atoms with Gasteiger partial charge in [0.25, 0.3) is 0 Å². The molecule has 0 radical (unpaired) electrons. The molecule has 9 heavy (non-hydrogen) atoms. The number of nitriles is 1. The Balaban J connectivity index is -0.0000000233. The highest BCUT2D eigenvalue weighted by molar-refractivity contribution is 5.47. The van der Waals surface area contributed by atoms with Crippen LogP contribution in [0.2, 0.25) is 0 Å². The van der Waals surface area contributed by atoms with Crippen molar-refractivity contribution in [3.63, 3.8) is 0 Å². The molecule has 0 aromatic carbocycles. The number of hydrogen-bond donors (Lipinski definition) is 2. The van der Waals surface area contributed by atoms with E-state index in [1.165, 1.54) is 6.92 Å². The Morgan fingerprint density at radius 2 is 1.44 bits per heavy atom. The van der Waals surface area contributed by atoms with E-state index in [0.717, 1.165) is 0 Å². The molecule has 0 saturated carbocycles. The van der Waals surface area contributed by atoms with Gasteiger partial charge in [0.2, 0.25) is 0 Å². The molecule has 56 valence electrons. The molecule has 6 nitrogen and oxygen atoms in total. The standard InChI is InChI=1S/C2H3N.CH2O3.2H3N/c1-2-3;2-1(3)4;;/h1H3;(H2,2,3,4);2*1H3. The molecule has 0 amide bonds. The van der Waals surface area contributed by atoms with Crippen molar-refractivity contribution in [3.8, 4) is 6.07 Å². The minimum atomic E-state index is -2.33. The molecule has 0 aromatic rings. The average molecular weight is 137 g/mol. The van der Waals surface area contributed by atoms with Crippen LogP contribution in [-0.2, 0) is 0 Å². The van der Waals surface area contributed by atoms with Crippen molar-refractivity contribution in [1.82, 2.24) is 12.3 Å². The SMILES string of the molecule is CC#N.O=C([O-])[O-].[NH4+].[NH4+]. The highest BCUT2D eigenvalue weighted by Gasteiger charge is 1.26. The van der Waals surface area contributed by atoms with E-state index in [2.05, 4.69) is 0 Å². The quantitative estimate of drug-likeness (QED) is 0.430. The Hall–Kier alpha value is -1.32. The number of carbonyl (C=O) groups is 1. The summed E-state index contributed by atoms with van der Waals surface area (Å²) in [5.41, 5.74) is 0. The highest BCUT2D eigenvalue weighted by Crippen LogP contribution is 1.22. The van der Waals surface area contributed by atoms with Crippen LogP contribution in [0.4, 0.5) is 4.79 Å². The first-order valence-corrected chi connectivity index (χ1v) is 1.34. The second-order valence-electron chi connectivity index (χ2n) is 0.474. The van der Waals surface area contributed by atoms with E-state index in [1.807, 2.05) is 0 Å². The lowest BCUT2D eigenvalue weighted by molar-refractivity contribution is -0.415. The summed E-state index contributed by atoms with van der Waals surface area (Å²) in [4.78, 5) is 8.33. The van der Waals surface area contributed by atoms with E-state index in [1.54, 1.807) is 6.07 Å². The Morgan fingerprint density at radius 3 is 1.44 bits per heavy atom. The summed E-state index contributed by atoms with van der Waals surface area (Å²) >= 11 is 0. The van der Waals surface area contributed by atoms with Gasteiger partial charge in [0.1, 0.15) is 0 Å². The normalized spacial score (nSPS) is 3.56. The van der Waals surface area contributed by atoms with Crippen molar-refractivity contribution < 1.29 is 15.0 Å². The van der Waals surface area contributed by atoms with Crippen molar-refractivity contribution in [2.24, 2.45) is 0 Å². The van der Waals surface area contributed by atoms with Crippen LogP contribution >= 0.6 is 0 Å². The number of hydrogen-bond acceptors (Lipinski definition) is 4. The van der Waals surface area contributed by atoms with Gasteiger partial charge in [0.05, 0.1) is 6.07 Å². The van der Waals surface area contributed by atoms with E-state index in [0.29, 0.717) is 0 Å². The number of carboxylic acid groups (broad SMARTS) is 2. The summed E-state index contributed by atoms with van der Waals surface area (Å²) in [5.74, 6) is 0. The summed E-state index contributed by atoms with van der Waals surface area (Å²) in [6.07, 6.45) is -2.33. The van der Waals surface area contributed by atoms with Crippen LogP contribution in [0, 0.1) is 11.3 Å². The summed E-state index contributed by atoms with van der Waals surface area (Å²) in [6, 6.07) is 1.75. The van der Waals surface area contributed by atoms with Crippen molar-refractivity contribution in [1.29, 1.82) is 5.26 Å². The Kier molecular flexibility index (Phi) is 84.4. The molecule has 6 heteroatoms. The van der Waals surface area contributed by atoms with Crippen LogP contribution in [0.5, 0.6) is 0 Å². The minimum Gasteiger partial charge on any atom is -0.652 e. The van der Waals surface area contributed by atoms with Gasteiger partial charge in [0.15, 0.2) is 0 Å². The number of carbonyl (C=O) groups excluding carboxylic acids is 1. The van der Waals surface area contributed by atoms with Crippen LogP contribution < -0.4 is 22.5 Å². The number of nitrogens with zero attached hydrogens (tertiary/aromatic N) is 1. The van der Waals surface area contributed by atoms with Crippen LogP contribution in [0.15, 0.2) is 0 Å². The molecule has 8 N–H and O–H groups in total. The Morgan fingerprint density at radius 1 is 1.44 bits per heavy atom. The van der Waals surface area contributed by atoms with E-state index in [4.69, 9.17) is 20.3 Å². The predicted octanol–water partition coefficient (Wildman–Crippen LogP) is -1.16. The van der Waals surface area contributed by atoms with E-state index in [9.17, 15) is 0 Å². The minimum absolute atomic E-state index is 0. The first kappa shape index (κ1) is 25.3. The molecule has 0 rings (SSSR count). The summed E-state index contributed by atoms with van der Waals surface area (Å²) in [6.45, 7) is 1.43. The third-order valence-electron chi connectivity index (χ3n) is 0. The first-order valence-electron chi connectivity index (χ1n) is 1.34. The highest BCUT2D eigenvalue weighted by atomic mass is 16.6. The van der Waals surface area contributed by atoms with Crippen molar-refractivity contribution in [2.75, 3.05) is 0 Å². The fraction of sp³-hybridized carbons (Fsp3) is 0.333. The number of quaternary nitrogens is 2. The smallest absolute Gasteiger partial charge is 0.0587 e. The van der Waals surface area contributed by atoms with Gasteiger partial charge in [-0.1, -0.05) is 0 Å². The van der Waals surface area contributed by atoms with Gasteiger partial charge in [-0.05, 0) is 6.16 Å². The third-order valence-corrected chi connectivity index (χ3v) is 0. The molecule has 0 heterocycles. The van der Waals surface area contributed by atoms with Crippen molar-refractivity contribution in [2.45, 2.75) is 6.92 Å². The molecule has 0 aliphatic carbocycles. The van der Waals surface area contributed by atoms with Gasteiger partial charge in [-0.15, -0.1) is 0 Å². The fourth-order valence-electron chi connectivity index (χ4n) is 0. The molecule has 0 fully saturated rings. The molecular formula is C3H11N3O3. The lowest BCUT2D eigenvalue weighted by Gasteiger charge is -1.96. The zero-order chi connectivity index (χ0) is 6.28. The van der Waals surface area contributed by atoms with E-state index < -0.39 is 6.16 Å². The monoisotopic (exact) mass is 137 g/mol. The van der Waals surface area contributed by atoms with Gasteiger partial charge in [-0.2, -0.15) is 5.26 Å². The van der Waals surface area contributed by atoms with E-state index in [-0.39, 0.29) is 12.3 Å². The van der Waals surface area contributed by atoms with Crippen LogP contribution in [0.1, 0.15) is 6.92 Å². The molecule has 0 unspecified atom stereocenters. The third kappa shape index (κ3) is 84.0. The molecule has 0 spiro atoms. The maximum atomic E-state index is 8.33. The van der Waals surface area contributed by atoms with E-state index >= 15 is 0 Å². The van der Waals surface area contributed by atoms with Gasteiger partial charge in [0, 0.05) is 6.92 Å². The van der Waals surface area contributed by atoms with Crippen LogP contribution in [0.3, 0.4) is 0 Å².